The molecule has 14 heteroatoms. The first-order valence-electron chi connectivity index (χ1n) is 9.93. The van der Waals surface area contributed by atoms with Crippen LogP contribution < -0.4 is 32.7 Å². The lowest BCUT2D eigenvalue weighted by Crippen LogP contribution is -2.55. The quantitative estimate of drug-likeness (QED) is 0.0698. The summed E-state index contributed by atoms with van der Waals surface area (Å²) in [5, 5.41) is 27.5. The van der Waals surface area contributed by atoms with Crippen LogP contribution in [0.15, 0.2) is 4.99 Å². The number of rotatable bonds is 15. The summed E-state index contributed by atoms with van der Waals surface area (Å²) < 4.78 is 0. The highest BCUT2D eigenvalue weighted by Gasteiger charge is 2.27. The van der Waals surface area contributed by atoms with E-state index in [0.717, 1.165) is 0 Å². The fraction of sp³-hybridized carbons (Fsp3) is 0.667. The molecule has 0 radical (unpaired) electrons. The predicted octanol–water partition coefficient (Wildman–Crippen LogP) is -3.07. The normalized spacial score (nSPS) is 13.4. The summed E-state index contributed by atoms with van der Waals surface area (Å²) in [5.41, 5.74) is 10.5. The number of aliphatic imine (C=N–C) groups is 1. The molecule has 0 saturated carbocycles. The number of hydrogen-bond acceptors (Lipinski definition) is 7. The van der Waals surface area contributed by atoms with Gasteiger partial charge in [-0.3, -0.25) is 24.2 Å². The van der Waals surface area contributed by atoms with Crippen molar-refractivity contribution in [3.05, 3.63) is 0 Å². The van der Waals surface area contributed by atoms with Crippen molar-refractivity contribution in [1.29, 1.82) is 0 Å². The Morgan fingerprint density at radius 3 is 2.06 bits per heavy atom. The predicted molar refractivity (Wildman–Crippen MR) is 114 cm³/mol. The van der Waals surface area contributed by atoms with Gasteiger partial charge in [-0.2, -0.15) is 0 Å². The summed E-state index contributed by atoms with van der Waals surface area (Å²) >= 11 is 0. The summed E-state index contributed by atoms with van der Waals surface area (Å²) in [6.45, 7) is 3.27. The van der Waals surface area contributed by atoms with E-state index in [2.05, 4.69) is 20.9 Å². The van der Waals surface area contributed by atoms with E-state index in [1.165, 1.54) is 0 Å². The van der Waals surface area contributed by atoms with Crippen LogP contribution in [0.25, 0.3) is 0 Å². The van der Waals surface area contributed by atoms with E-state index < -0.39 is 60.8 Å². The van der Waals surface area contributed by atoms with Gasteiger partial charge in [0.25, 0.3) is 0 Å². The molecule has 3 amide bonds. The van der Waals surface area contributed by atoms with E-state index >= 15 is 0 Å². The summed E-state index contributed by atoms with van der Waals surface area (Å²) in [6.07, 6.45) is -0.297. The second kappa shape index (κ2) is 14.6. The molecule has 0 aromatic heterocycles. The molecule has 0 aromatic carbocycles. The maximum Gasteiger partial charge on any atom is 0.326 e. The van der Waals surface area contributed by atoms with Crippen molar-refractivity contribution < 1.29 is 34.2 Å². The van der Waals surface area contributed by atoms with E-state index in [4.69, 9.17) is 21.7 Å². The number of likely N-dealkylation sites (N-methyl/N-ethyl adjacent to an activating group) is 1. The first-order chi connectivity index (χ1) is 14.9. The summed E-state index contributed by atoms with van der Waals surface area (Å²) in [6, 6.07) is -3.21. The zero-order valence-corrected chi connectivity index (χ0v) is 18.4. The Morgan fingerprint density at radius 1 is 0.969 bits per heavy atom. The smallest absolute Gasteiger partial charge is 0.326 e. The monoisotopic (exact) mass is 459 g/mol. The SMILES string of the molecule is CN[C@H](C(=O)N[C@@H](CCCN=C(N)N)C(=O)NCC(=O)N[C@@H](CC(=O)O)C(=O)O)C(C)C. The number of aliphatic carboxylic acids is 2. The maximum absolute atomic E-state index is 12.6. The zero-order chi connectivity index (χ0) is 24.8. The fourth-order valence-electron chi connectivity index (χ4n) is 2.71. The molecule has 0 aromatic rings. The summed E-state index contributed by atoms with van der Waals surface area (Å²) in [7, 11) is 1.61. The molecule has 0 heterocycles. The molecule has 182 valence electrons. The van der Waals surface area contributed by atoms with Gasteiger partial charge < -0.3 is 42.9 Å². The minimum absolute atomic E-state index is 0.0571. The van der Waals surface area contributed by atoms with Gasteiger partial charge in [-0.25, -0.2) is 4.79 Å². The highest BCUT2D eigenvalue weighted by Crippen LogP contribution is 2.04. The lowest BCUT2D eigenvalue weighted by Gasteiger charge is -2.24. The minimum Gasteiger partial charge on any atom is -0.481 e. The molecule has 32 heavy (non-hydrogen) atoms. The third-order valence-corrected chi connectivity index (χ3v) is 4.27. The topological polar surface area (TPSA) is 238 Å². The van der Waals surface area contributed by atoms with E-state index in [-0.39, 0.29) is 24.8 Å². The van der Waals surface area contributed by atoms with Gasteiger partial charge in [0.15, 0.2) is 5.96 Å². The van der Waals surface area contributed by atoms with Crippen LogP contribution in [-0.4, -0.2) is 84.1 Å². The van der Waals surface area contributed by atoms with Gasteiger partial charge in [0.1, 0.15) is 12.1 Å². The number of carboxylic acid groups (broad SMARTS) is 2. The molecule has 14 nitrogen and oxygen atoms in total. The Bertz CT molecular complexity index is 708. The lowest BCUT2D eigenvalue weighted by atomic mass is 10.0. The van der Waals surface area contributed by atoms with E-state index in [0.29, 0.717) is 6.42 Å². The number of guanidine groups is 1. The molecule has 0 bridgehead atoms. The Labute approximate surface area is 185 Å². The van der Waals surface area contributed by atoms with Gasteiger partial charge in [-0.1, -0.05) is 13.8 Å². The van der Waals surface area contributed by atoms with Gasteiger partial charge in [0.2, 0.25) is 17.7 Å². The van der Waals surface area contributed by atoms with Crippen LogP contribution in [0.1, 0.15) is 33.1 Å². The molecular weight excluding hydrogens is 426 g/mol. The van der Waals surface area contributed by atoms with Crippen LogP contribution in [0, 0.1) is 5.92 Å². The van der Waals surface area contributed by atoms with Crippen LogP contribution in [-0.2, 0) is 24.0 Å². The number of nitrogens with two attached hydrogens (primary N) is 2. The number of carbonyl (C=O) groups is 5. The standard InChI is InChI=1S/C18H33N7O7/c1-9(2)14(21-3)16(30)25-10(5-4-6-22-18(19)20)15(29)23-8-12(26)24-11(17(31)32)7-13(27)28/h9-11,14,21H,4-8H2,1-3H3,(H,23,29)(H,24,26)(H,25,30)(H,27,28)(H,31,32)(H4,19,20,22)/t10-,11-,14-/m0/s1. The van der Waals surface area contributed by atoms with E-state index in [1.807, 2.05) is 19.2 Å². The number of amides is 3. The first-order valence-corrected chi connectivity index (χ1v) is 9.93. The molecule has 3 atom stereocenters. The first kappa shape index (κ1) is 28.6. The van der Waals surface area contributed by atoms with Crippen LogP contribution in [0.2, 0.25) is 0 Å². The maximum atomic E-state index is 12.6. The largest absolute Gasteiger partial charge is 0.481 e. The summed E-state index contributed by atoms with van der Waals surface area (Å²) in [4.78, 5) is 62.6. The van der Waals surface area contributed by atoms with Crippen molar-refractivity contribution in [2.45, 2.75) is 51.2 Å². The molecular formula is C18H33N7O7. The van der Waals surface area contributed by atoms with Gasteiger partial charge in [0.05, 0.1) is 19.0 Å². The van der Waals surface area contributed by atoms with Gasteiger partial charge in [-0.15, -0.1) is 0 Å². The van der Waals surface area contributed by atoms with Crippen molar-refractivity contribution >= 4 is 35.6 Å². The van der Waals surface area contributed by atoms with Gasteiger partial charge in [0, 0.05) is 6.54 Å². The second-order valence-electron chi connectivity index (χ2n) is 7.29. The second-order valence-corrected chi connectivity index (χ2v) is 7.29. The highest BCUT2D eigenvalue weighted by atomic mass is 16.4. The third-order valence-electron chi connectivity index (χ3n) is 4.27. The Hall–Kier alpha value is -3.42. The highest BCUT2D eigenvalue weighted by molar-refractivity contribution is 5.93. The molecule has 0 spiro atoms. The van der Waals surface area contributed by atoms with Gasteiger partial charge >= 0.3 is 11.9 Å². The average molecular weight is 460 g/mol. The van der Waals surface area contributed by atoms with Crippen molar-refractivity contribution in [1.82, 2.24) is 21.3 Å². The third kappa shape index (κ3) is 11.7. The number of hydrogen-bond donors (Lipinski definition) is 8. The van der Waals surface area contributed by atoms with Crippen molar-refractivity contribution in [3.8, 4) is 0 Å². The number of carbonyl (C=O) groups excluding carboxylic acids is 3. The molecule has 0 rings (SSSR count). The van der Waals surface area contributed by atoms with Crippen molar-refractivity contribution in [2.24, 2.45) is 22.4 Å². The molecule has 0 saturated heterocycles. The molecule has 10 N–H and O–H groups in total. The van der Waals surface area contributed by atoms with Crippen LogP contribution in [0.5, 0.6) is 0 Å². The van der Waals surface area contributed by atoms with E-state index in [9.17, 15) is 24.0 Å². The number of nitrogens with zero attached hydrogens (tertiary/aromatic N) is 1. The van der Waals surface area contributed by atoms with Crippen LogP contribution in [0.3, 0.4) is 0 Å². The molecule has 0 aliphatic rings. The summed E-state index contributed by atoms with van der Waals surface area (Å²) in [5.74, 6) is -5.09. The average Bonchev–Trinajstić information content (AvgIpc) is 2.67. The molecule has 0 aliphatic carbocycles. The van der Waals surface area contributed by atoms with Crippen molar-refractivity contribution in [3.63, 3.8) is 0 Å². The number of carboxylic acids is 2. The van der Waals surface area contributed by atoms with Crippen molar-refractivity contribution in [2.75, 3.05) is 20.1 Å². The van der Waals surface area contributed by atoms with Crippen LogP contribution >= 0.6 is 0 Å². The van der Waals surface area contributed by atoms with Crippen LogP contribution in [0.4, 0.5) is 0 Å². The Balaban J connectivity index is 5.07. The zero-order valence-electron chi connectivity index (χ0n) is 18.4. The minimum atomic E-state index is -1.64. The lowest BCUT2D eigenvalue weighted by molar-refractivity contribution is -0.147. The Morgan fingerprint density at radius 2 is 1.59 bits per heavy atom. The fourth-order valence-corrected chi connectivity index (χ4v) is 2.71. The molecule has 0 unspecified atom stereocenters. The van der Waals surface area contributed by atoms with E-state index in [1.54, 1.807) is 7.05 Å². The molecule has 0 fully saturated rings. The van der Waals surface area contributed by atoms with Gasteiger partial charge in [-0.05, 0) is 25.8 Å². The molecule has 0 aliphatic heterocycles. The number of nitrogens with one attached hydrogen (secondary N) is 4. The Kier molecular flexibility index (Phi) is 13.0.